The predicted octanol–water partition coefficient (Wildman–Crippen LogP) is -0.272. The molecule has 0 saturated carbocycles. The summed E-state index contributed by atoms with van der Waals surface area (Å²) in [6.07, 6.45) is 1.57. The first-order valence-electron chi connectivity index (χ1n) is 10.2. The molecule has 10 nitrogen and oxygen atoms in total. The average molecular weight is 409 g/mol. The third kappa shape index (κ3) is 4.87. The Balaban J connectivity index is 2.35. The second-order valence-corrected chi connectivity index (χ2v) is 7.59. The normalized spacial score (nSPS) is 17.4. The number of nitrogen functional groups attached to an aromatic ring is 1. The summed E-state index contributed by atoms with van der Waals surface area (Å²) in [6, 6.07) is -0.416. The van der Waals surface area contributed by atoms with Gasteiger partial charge in [0.25, 0.3) is 5.56 Å². The van der Waals surface area contributed by atoms with Crippen molar-refractivity contribution in [2.24, 2.45) is 5.92 Å². The van der Waals surface area contributed by atoms with Crippen molar-refractivity contribution in [3.63, 3.8) is 0 Å². The Morgan fingerprint density at radius 3 is 2.55 bits per heavy atom. The molecule has 0 aromatic carbocycles. The highest BCUT2D eigenvalue weighted by molar-refractivity contribution is 5.97. The van der Waals surface area contributed by atoms with E-state index < -0.39 is 17.3 Å². The van der Waals surface area contributed by atoms with Crippen LogP contribution in [0.25, 0.3) is 0 Å². The van der Waals surface area contributed by atoms with Crippen LogP contribution in [0.5, 0.6) is 0 Å². The monoisotopic (exact) mass is 408 g/mol. The number of nitrogens with zero attached hydrogens (tertiary/aromatic N) is 3. The van der Waals surface area contributed by atoms with Crippen molar-refractivity contribution >= 4 is 23.3 Å². The smallest absolute Gasteiger partial charge is 0.330 e. The van der Waals surface area contributed by atoms with Crippen LogP contribution in [0.1, 0.15) is 40.5 Å². The second-order valence-electron chi connectivity index (χ2n) is 7.59. The van der Waals surface area contributed by atoms with Crippen molar-refractivity contribution in [2.75, 3.05) is 36.8 Å². The molecule has 1 aliphatic heterocycles. The number of H-pyrrole nitrogens is 1. The SMILES string of the molecule is CCCCn1c(N)c(N(CC)C(=O)CN2CCNC(=O)C2C(C)C)c(=O)[nH]c1=O. The summed E-state index contributed by atoms with van der Waals surface area (Å²) < 4.78 is 1.29. The molecule has 1 fully saturated rings. The maximum absolute atomic E-state index is 13.1. The Morgan fingerprint density at radius 2 is 1.97 bits per heavy atom. The fourth-order valence-corrected chi connectivity index (χ4v) is 3.73. The summed E-state index contributed by atoms with van der Waals surface area (Å²) in [5.74, 6) is -0.430. The maximum Gasteiger partial charge on any atom is 0.330 e. The van der Waals surface area contributed by atoms with Gasteiger partial charge in [-0.3, -0.25) is 28.8 Å². The van der Waals surface area contributed by atoms with E-state index in [-0.39, 0.29) is 42.3 Å². The highest BCUT2D eigenvalue weighted by Gasteiger charge is 2.34. The number of aromatic nitrogens is 2. The molecule has 1 atom stereocenters. The van der Waals surface area contributed by atoms with Crippen LogP contribution in [0.2, 0.25) is 0 Å². The summed E-state index contributed by atoms with van der Waals surface area (Å²) >= 11 is 0. The van der Waals surface area contributed by atoms with Crippen LogP contribution in [0.15, 0.2) is 9.59 Å². The summed E-state index contributed by atoms with van der Waals surface area (Å²) in [6.45, 7) is 9.14. The Kier molecular flexibility index (Phi) is 7.60. The van der Waals surface area contributed by atoms with E-state index in [4.69, 9.17) is 5.73 Å². The number of likely N-dealkylation sites (N-methyl/N-ethyl adjacent to an activating group) is 1. The lowest BCUT2D eigenvalue weighted by Gasteiger charge is -2.37. The number of piperazine rings is 1. The number of hydrogen-bond donors (Lipinski definition) is 3. The van der Waals surface area contributed by atoms with Gasteiger partial charge in [-0.15, -0.1) is 0 Å². The molecule has 0 bridgehead atoms. The van der Waals surface area contributed by atoms with Gasteiger partial charge in [0.1, 0.15) is 5.82 Å². The molecule has 29 heavy (non-hydrogen) atoms. The first-order valence-corrected chi connectivity index (χ1v) is 10.2. The molecule has 1 aliphatic rings. The predicted molar refractivity (Wildman–Crippen MR) is 112 cm³/mol. The number of anilines is 2. The van der Waals surface area contributed by atoms with Gasteiger partial charge in [0.15, 0.2) is 5.69 Å². The molecule has 1 aromatic heterocycles. The van der Waals surface area contributed by atoms with Gasteiger partial charge in [-0.2, -0.15) is 0 Å². The van der Waals surface area contributed by atoms with Gasteiger partial charge in [0.2, 0.25) is 11.8 Å². The van der Waals surface area contributed by atoms with Crippen molar-refractivity contribution in [2.45, 2.75) is 53.1 Å². The van der Waals surface area contributed by atoms with Gasteiger partial charge in [-0.1, -0.05) is 27.2 Å². The number of nitrogens with one attached hydrogen (secondary N) is 2. The van der Waals surface area contributed by atoms with E-state index in [1.54, 1.807) is 6.92 Å². The molecule has 2 rings (SSSR count). The van der Waals surface area contributed by atoms with E-state index in [0.29, 0.717) is 26.1 Å². The van der Waals surface area contributed by atoms with E-state index in [0.717, 1.165) is 6.42 Å². The number of carbonyl (C=O) groups is 2. The zero-order chi connectivity index (χ0) is 21.7. The summed E-state index contributed by atoms with van der Waals surface area (Å²) in [4.78, 5) is 55.3. The van der Waals surface area contributed by atoms with Gasteiger partial charge in [-0.25, -0.2) is 4.79 Å². The van der Waals surface area contributed by atoms with Crippen molar-refractivity contribution in [1.82, 2.24) is 19.8 Å². The van der Waals surface area contributed by atoms with Crippen LogP contribution in [-0.4, -0.2) is 58.5 Å². The zero-order valence-corrected chi connectivity index (χ0v) is 17.7. The third-order valence-corrected chi connectivity index (χ3v) is 5.17. The topological polar surface area (TPSA) is 134 Å². The Labute approximate surface area is 170 Å². The van der Waals surface area contributed by atoms with Gasteiger partial charge < -0.3 is 16.0 Å². The highest BCUT2D eigenvalue weighted by atomic mass is 16.2. The number of rotatable bonds is 8. The van der Waals surface area contributed by atoms with Gasteiger partial charge in [0.05, 0.1) is 12.6 Å². The minimum absolute atomic E-state index is 0.0146. The van der Waals surface area contributed by atoms with E-state index >= 15 is 0 Å². The maximum atomic E-state index is 13.1. The molecule has 0 radical (unpaired) electrons. The molecule has 1 unspecified atom stereocenters. The van der Waals surface area contributed by atoms with Crippen LogP contribution in [0.4, 0.5) is 11.5 Å². The number of hydrogen-bond acceptors (Lipinski definition) is 6. The number of nitrogens with two attached hydrogens (primary N) is 1. The molecule has 1 aromatic rings. The quantitative estimate of drug-likeness (QED) is 0.542. The fraction of sp³-hybridized carbons (Fsp3) is 0.684. The van der Waals surface area contributed by atoms with Gasteiger partial charge in [0, 0.05) is 26.2 Å². The lowest BCUT2D eigenvalue weighted by atomic mass is 9.99. The molecule has 162 valence electrons. The standard InChI is InChI=1S/C19H32N6O4/c1-5-7-9-25-16(20)15(18(28)22-19(25)29)24(6-2)13(26)11-23-10-8-21-17(27)14(23)12(3)4/h12,14H,5-11,20H2,1-4H3,(H,21,27)(H,22,28,29). The van der Waals surface area contributed by atoms with Gasteiger partial charge in [-0.05, 0) is 19.3 Å². The lowest BCUT2D eigenvalue weighted by Crippen LogP contribution is -2.59. The van der Waals surface area contributed by atoms with Crippen LogP contribution in [0, 0.1) is 5.92 Å². The van der Waals surface area contributed by atoms with Crippen molar-refractivity contribution in [3.8, 4) is 0 Å². The highest BCUT2D eigenvalue weighted by Crippen LogP contribution is 2.19. The molecule has 2 amide bonds. The van der Waals surface area contributed by atoms with Crippen molar-refractivity contribution < 1.29 is 9.59 Å². The van der Waals surface area contributed by atoms with E-state index in [1.165, 1.54) is 9.47 Å². The Hall–Kier alpha value is -2.62. The van der Waals surface area contributed by atoms with Crippen LogP contribution >= 0.6 is 0 Å². The summed E-state index contributed by atoms with van der Waals surface area (Å²) in [5.41, 5.74) is 4.85. The Morgan fingerprint density at radius 1 is 1.28 bits per heavy atom. The number of carbonyl (C=O) groups excluding carboxylic acids is 2. The largest absolute Gasteiger partial charge is 0.383 e. The second kappa shape index (κ2) is 9.73. The zero-order valence-electron chi connectivity index (χ0n) is 17.7. The third-order valence-electron chi connectivity index (χ3n) is 5.17. The molecule has 1 saturated heterocycles. The fourth-order valence-electron chi connectivity index (χ4n) is 3.73. The average Bonchev–Trinajstić information content (AvgIpc) is 2.64. The number of unbranched alkanes of at least 4 members (excludes halogenated alkanes) is 1. The summed E-state index contributed by atoms with van der Waals surface area (Å²) in [5, 5.41) is 2.82. The Bertz CT molecular complexity index is 859. The van der Waals surface area contributed by atoms with Crippen molar-refractivity contribution in [3.05, 3.63) is 20.8 Å². The van der Waals surface area contributed by atoms with Crippen molar-refractivity contribution in [1.29, 1.82) is 0 Å². The molecule has 2 heterocycles. The molecular formula is C19H32N6O4. The van der Waals surface area contributed by atoms with E-state index in [2.05, 4.69) is 10.3 Å². The lowest BCUT2D eigenvalue weighted by molar-refractivity contribution is -0.132. The molecule has 4 N–H and O–H groups in total. The molecular weight excluding hydrogens is 376 g/mol. The van der Waals surface area contributed by atoms with Crippen LogP contribution in [-0.2, 0) is 16.1 Å². The first kappa shape index (κ1) is 22.7. The molecule has 10 heteroatoms. The minimum Gasteiger partial charge on any atom is -0.383 e. The first-order chi connectivity index (χ1) is 13.7. The van der Waals surface area contributed by atoms with E-state index in [9.17, 15) is 19.2 Å². The number of amides is 2. The van der Waals surface area contributed by atoms with Crippen LogP contribution in [0.3, 0.4) is 0 Å². The van der Waals surface area contributed by atoms with Gasteiger partial charge >= 0.3 is 5.69 Å². The minimum atomic E-state index is -0.688. The molecule has 0 aliphatic carbocycles. The molecule has 0 spiro atoms. The number of aromatic amines is 1. The van der Waals surface area contributed by atoms with E-state index in [1.807, 2.05) is 25.7 Å². The van der Waals surface area contributed by atoms with Crippen LogP contribution < -0.4 is 27.2 Å². The summed E-state index contributed by atoms with van der Waals surface area (Å²) in [7, 11) is 0.